The van der Waals surface area contributed by atoms with Gasteiger partial charge in [-0.2, -0.15) is 0 Å². The number of rotatable bonds is 1. The molecule has 3 nitrogen and oxygen atoms in total. The molecule has 2 aromatic carbocycles. The molecule has 95 valence electrons. The second kappa shape index (κ2) is 4.43. The predicted octanol–water partition coefficient (Wildman–Crippen LogP) is 2.95. The van der Waals surface area contributed by atoms with E-state index in [0.717, 1.165) is 16.9 Å². The van der Waals surface area contributed by atoms with Gasteiger partial charge in [-0.05, 0) is 24.6 Å². The molecule has 0 unspecified atom stereocenters. The maximum absolute atomic E-state index is 12.4. The quantitative estimate of drug-likeness (QED) is 0.767. The average Bonchev–Trinajstić information content (AvgIpc) is 2.44. The fourth-order valence-corrected chi connectivity index (χ4v) is 2.32. The Morgan fingerprint density at radius 1 is 1.05 bits per heavy atom. The highest BCUT2D eigenvalue weighted by atomic mass is 16.2. The van der Waals surface area contributed by atoms with Gasteiger partial charge in [-0.15, -0.1) is 0 Å². The van der Waals surface area contributed by atoms with E-state index >= 15 is 0 Å². The summed E-state index contributed by atoms with van der Waals surface area (Å²) in [7, 11) is 1.80. The number of carbonyl (C=O) groups is 1. The van der Waals surface area contributed by atoms with Crippen LogP contribution in [0.3, 0.4) is 0 Å². The van der Waals surface area contributed by atoms with Gasteiger partial charge in [0.2, 0.25) is 0 Å². The highest BCUT2D eigenvalue weighted by Crippen LogP contribution is 2.35. The average molecular weight is 251 g/mol. The Morgan fingerprint density at radius 2 is 1.74 bits per heavy atom. The Hall–Kier alpha value is -2.29. The number of amides is 1. The first-order valence-electron chi connectivity index (χ1n) is 6.31. The van der Waals surface area contributed by atoms with E-state index in [1.54, 1.807) is 11.9 Å². The van der Waals surface area contributed by atoms with Gasteiger partial charge in [0.1, 0.15) is 0 Å². The lowest BCUT2D eigenvalue weighted by Gasteiger charge is -2.31. The van der Waals surface area contributed by atoms with Crippen LogP contribution in [0.4, 0.5) is 11.4 Å². The third-order valence-electron chi connectivity index (χ3n) is 3.47. The fraction of sp³-hybridized carbons (Fsp3) is 0.188. The smallest absolute Gasteiger partial charge is 0.256 e. The number of likely N-dealkylation sites (N-methyl/N-ethyl adjacent to an activating group) is 1. The fourth-order valence-electron chi connectivity index (χ4n) is 2.32. The molecule has 1 radical (unpaired) electrons. The van der Waals surface area contributed by atoms with Gasteiger partial charge < -0.3 is 4.90 Å². The van der Waals surface area contributed by atoms with Crippen LogP contribution in [0.2, 0.25) is 0 Å². The van der Waals surface area contributed by atoms with Crippen LogP contribution in [0.1, 0.15) is 17.2 Å². The first-order valence-corrected chi connectivity index (χ1v) is 6.31. The van der Waals surface area contributed by atoms with Crippen molar-refractivity contribution in [2.45, 2.75) is 13.0 Å². The van der Waals surface area contributed by atoms with Gasteiger partial charge in [-0.1, -0.05) is 42.0 Å². The summed E-state index contributed by atoms with van der Waals surface area (Å²) in [6, 6.07) is 15.3. The van der Waals surface area contributed by atoms with Crippen molar-refractivity contribution in [3.05, 3.63) is 59.7 Å². The molecule has 19 heavy (non-hydrogen) atoms. The molecule has 0 N–H and O–H groups in total. The summed E-state index contributed by atoms with van der Waals surface area (Å²) in [5.74, 6) is 0.0163. The van der Waals surface area contributed by atoms with Gasteiger partial charge in [-0.3, -0.25) is 10.1 Å². The van der Waals surface area contributed by atoms with Gasteiger partial charge >= 0.3 is 0 Å². The summed E-state index contributed by atoms with van der Waals surface area (Å²) in [4.78, 5) is 14.1. The number of hydrogen-bond acceptors (Lipinski definition) is 1. The molecular formula is C16H15N2O. The van der Waals surface area contributed by atoms with E-state index in [2.05, 4.69) is 5.32 Å². The summed E-state index contributed by atoms with van der Waals surface area (Å²) in [5.41, 5.74) is 3.86. The molecule has 1 atom stereocenters. The zero-order chi connectivity index (χ0) is 13.4. The molecule has 0 saturated carbocycles. The molecule has 3 heteroatoms. The molecule has 1 aliphatic heterocycles. The highest BCUT2D eigenvalue weighted by molar-refractivity contribution is 6.02. The van der Waals surface area contributed by atoms with Gasteiger partial charge in [0.15, 0.2) is 6.04 Å². The van der Waals surface area contributed by atoms with E-state index in [9.17, 15) is 4.79 Å². The molecule has 1 aliphatic rings. The number of para-hydroxylation sites is 2. The van der Waals surface area contributed by atoms with Crippen molar-refractivity contribution in [2.75, 3.05) is 11.9 Å². The largest absolute Gasteiger partial charge is 0.311 e. The van der Waals surface area contributed by atoms with Crippen molar-refractivity contribution in [1.82, 2.24) is 5.32 Å². The van der Waals surface area contributed by atoms with Crippen LogP contribution < -0.4 is 10.2 Å². The number of benzene rings is 2. The second-order valence-corrected chi connectivity index (χ2v) is 4.83. The molecule has 3 rings (SSSR count). The Labute approximate surface area is 112 Å². The molecule has 2 aromatic rings. The van der Waals surface area contributed by atoms with Crippen molar-refractivity contribution in [3.8, 4) is 0 Å². The number of hydrogen-bond donors (Lipinski definition) is 0. The minimum absolute atomic E-state index is 0.0163. The molecule has 0 aliphatic carbocycles. The van der Waals surface area contributed by atoms with Crippen LogP contribution in [-0.2, 0) is 4.79 Å². The predicted molar refractivity (Wildman–Crippen MR) is 75.6 cm³/mol. The standard InChI is InChI=1S/C16H15N2O/c1-11-7-9-12(10-8-11)15-16(19)18(2)14-6-4-3-5-13(14)17-15/h3-10,15H,1-2H3/t15-/m1/s1. The number of nitrogens with zero attached hydrogens (tertiary/aromatic N) is 2. The highest BCUT2D eigenvalue weighted by Gasteiger charge is 2.32. The third-order valence-corrected chi connectivity index (χ3v) is 3.47. The molecule has 1 heterocycles. The van der Waals surface area contributed by atoms with Crippen LogP contribution >= 0.6 is 0 Å². The van der Waals surface area contributed by atoms with Crippen LogP contribution in [0.15, 0.2) is 48.5 Å². The SMILES string of the molecule is Cc1ccc([C@H]2[N]c3ccccc3N(C)C2=O)cc1. The second-order valence-electron chi connectivity index (χ2n) is 4.83. The molecule has 0 bridgehead atoms. The topological polar surface area (TPSA) is 34.4 Å². The summed E-state index contributed by atoms with van der Waals surface area (Å²) in [5, 5.41) is 4.59. The first-order chi connectivity index (χ1) is 9.16. The van der Waals surface area contributed by atoms with E-state index in [0.29, 0.717) is 0 Å². The van der Waals surface area contributed by atoms with E-state index < -0.39 is 6.04 Å². The lowest BCUT2D eigenvalue weighted by atomic mass is 10.0. The number of anilines is 1. The zero-order valence-electron chi connectivity index (χ0n) is 11.0. The van der Waals surface area contributed by atoms with Crippen molar-refractivity contribution in [1.29, 1.82) is 0 Å². The molecular weight excluding hydrogens is 236 g/mol. The molecule has 0 saturated heterocycles. The maximum Gasteiger partial charge on any atom is 0.256 e. The Morgan fingerprint density at radius 3 is 2.47 bits per heavy atom. The number of fused-ring (bicyclic) bond motifs is 1. The van der Waals surface area contributed by atoms with Gasteiger partial charge in [0.05, 0.1) is 11.4 Å². The minimum atomic E-state index is -0.430. The monoisotopic (exact) mass is 251 g/mol. The van der Waals surface area contributed by atoms with Gasteiger partial charge in [-0.25, -0.2) is 0 Å². The Balaban J connectivity index is 2.01. The van der Waals surface area contributed by atoms with E-state index in [4.69, 9.17) is 0 Å². The zero-order valence-corrected chi connectivity index (χ0v) is 11.0. The lowest BCUT2D eigenvalue weighted by Crippen LogP contribution is -2.39. The molecule has 0 aromatic heterocycles. The van der Waals surface area contributed by atoms with Crippen LogP contribution in [0.5, 0.6) is 0 Å². The van der Waals surface area contributed by atoms with E-state index in [1.807, 2.05) is 55.5 Å². The summed E-state index contributed by atoms with van der Waals surface area (Å²) in [6.07, 6.45) is 0. The van der Waals surface area contributed by atoms with Crippen molar-refractivity contribution in [2.24, 2.45) is 0 Å². The van der Waals surface area contributed by atoms with Crippen LogP contribution in [0.25, 0.3) is 0 Å². The van der Waals surface area contributed by atoms with E-state index in [1.165, 1.54) is 5.56 Å². The Kier molecular flexibility index (Phi) is 2.75. The van der Waals surface area contributed by atoms with Gasteiger partial charge in [0.25, 0.3) is 5.91 Å². The Bertz CT molecular complexity index is 619. The normalized spacial score (nSPS) is 17.9. The molecule has 1 amide bonds. The van der Waals surface area contributed by atoms with Crippen molar-refractivity contribution in [3.63, 3.8) is 0 Å². The van der Waals surface area contributed by atoms with Crippen LogP contribution in [-0.4, -0.2) is 13.0 Å². The van der Waals surface area contributed by atoms with E-state index in [-0.39, 0.29) is 5.91 Å². The summed E-state index contributed by atoms with van der Waals surface area (Å²) < 4.78 is 0. The maximum atomic E-state index is 12.4. The van der Waals surface area contributed by atoms with Crippen molar-refractivity contribution < 1.29 is 4.79 Å². The minimum Gasteiger partial charge on any atom is -0.311 e. The molecule has 0 fully saturated rings. The summed E-state index contributed by atoms with van der Waals surface area (Å²) in [6.45, 7) is 2.03. The summed E-state index contributed by atoms with van der Waals surface area (Å²) >= 11 is 0. The lowest BCUT2D eigenvalue weighted by molar-refractivity contribution is -0.120. The number of aryl methyl sites for hydroxylation is 1. The van der Waals surface area contributed by atoms with Crippen LogP contribution in [0, 0.1) is 6.92 Å². The molecule has 0 spiro atoms. The number of carbonyl (C=O) groups excluding carboxylic acids is 1. The first kappa shape index (κ1) is 11.8. The van der Waals surface area contributed by atoms with Crippen molar-refractivity contribution >= 4 is 17.3 Å². The third kappa shape index (κ3) is 1.97. The van der Waals surface area contributed by atoms with Gasteiger partial charge in [0, 0.05) is 7.05 Å².